The molecule has 0 aliphatic heterocycles. The summed E-state index contributed by atoms with van der Waals surface area (Å²) in [5.41, 5.74) is -0.0666. The molecule has 0 aromatic heterocycles. The Hall–Kier alpha value is -1.16. The Labute approximate surface area is 165 Å². The molecular formula is C22H28ClFO3. The van der Waals surface area contributed by atoms with Crippen LogP contribution in [0.2, 0.25) is 0 Å². The van der Waals surface area contributed by atoms with Gasteiger partial charge in [-0.1, -0.05) is 32.4 Å². The quantitative estimate of drug-likeness (QED) is 0.493. The lowest BCUT2D eigenvalue weighted by Crippen LogP contribution is -2.65. The Morgan fingerprint density at radius 3 is 2.74 bits per heavy atom. The maximum Gasteiger partial charge on any atom is 0.305 e. The van der Waals surface area contributed by atoms with E-state index in [1.807, 2.05) is 13.0 Å². The number of ether oxygens (including phenoxy) is 1. The molecule has 0 aromatic carbocycles. The molecule has 0 radical (unpaired) electrons. The van der Waals surface area contributed by atoms with E-state index in [0.29, 0.717) is 12.8 Å². The van der Waals surface area contributed by atoms with Crippen LogP contribution in [0.1, 0.15) is 59.3 Å². The molecule has 3 saturated carbocycles. The molecular weight excluding hydrogens is 367 g/mol. The van der Waals surface area contributed by atoms with Crippen molar-refractivity contribution < 1.29 is 18.7 Å². The summed E-state index contributed by atoms with van der Waals surface area (Å²) in [5.74, 6) is -0.0292. The second-order valence-electron chi connectivity index (χ2n) is 9.21. The first kappa shape index (κ1) is 19.2. The second-order valence-corrected chi connectivity index (χ2v) is 9.84. The minimum Gasteiger partial charge on any atom is -0.462 e. The predicted octanol–water partition coefficient (Wildman–Crippen LogP) is 4.93. The molecule has 0 amide bonds. The number of halogens is 2. The molecule has 0 spiro atoms. The Kier molecular flexibility index (Phi) is 4.38. The Bertz CT molecular complexity index is 746. The summed E-state index contributed by atoms with van der Waals surface area (Å²) in [6, 6.07) is 0. The van der Waals surface area contributed by atoms with Gasteiger partial charge in [-0.25, -0.2) is 4.39 Å². The molecule has 4 rings (SSSR count). The van der Waals surface area contributed by atoms with E-state index in [9.17, 15) is 9.59 Å². The van der Waals surface area contributed by atoms with E-state index in [4.69, 9.17) is 16.3 Å². The van der Waals surface area contributed by atoms with Crippen molar-refractivity contribution in [2.24, 2.45) is 22.7 Å². The van der Waals surface area contributed by atoms with Crippen molar-refractivity contribution in [1.82, 2.24) is 0 Å². The summed E-state index contributed by atoms with van der Waals surface area (Å²) < 4.78 is 21.6. The molecule has 7 atom stereocenters. The topological polar surface area (TPSA) is 43.4 Å². The number of carbonyl (C=O) groups is 2. The number of alkyl halides is 2. The summed E-state index contributed by atoms with van der Waals surface area (Å²) in [6.07, 6.45) is 7.43. The van der Waals surface area contributed by atoms with Gasteiger partial charge < -0.3 is 4.74 Å². The average molecular weight is 395 g/mol. The highest BCUT2D eigenvalue weighted by molar-refractivity contribution is 6.26. The van der Waals surface area contributed by atoms with E-state index >= 15 is 4.39 Å². The van der Waals surface area contributed by atoms with Gasteiger partial charge in [0.2, 0.25) is 0 Å². The number of hydrogen-bond acceptors (Lipinski definition) is 3. The maximum atomic E-state index is 15.9. The fraction of sp³-hybridized carbons (Fsp3) is 0.727. The highest BCUT2D eigenvalue weighted by Gasteiger charge is 2.70. The van der Waals surface area contributed by atoms with Gasteiger partial charge in [0.15, 0.2) is 5.78 Å². The van der Waals surface area contributed by atoms with Crippen LogP contribution in [-0.2, 0) is 14.3 Å². The molecule has 7 unspecified atom stereocenters. The van der Waals surface area contributed by atoms with Crippen molar-refractivity contribution in [3.8, 4) is 0 Å². The predicted molar refractivity (Wildman–Crippen MR) is 102 cm³/mol. The standard InChI is InChI=1S/C22H28ClFO3/c1-4-19(26)27-18-8-7-15-16-6-5-13-11-14(25)9-10-21(13,3)22(16,23)17(24)12-20(15,18)2/h9-11,15-18H,4-8,12H2,1-3H3. The van der Waals surface area contributed by atoms with Crippen molar-refractivity contribution in [3.05, 3.63) is 23.8 Å². The van der Waals surface area contributed by atoms with Gasteiger partial charge in [-0.05, 0) is 56.1 Å². The van der Waals surface area contributed by atoms with Gasteiger partial charge in [-0.3, -0.25) is 9.59 Å². The fourth-order valence-electron chi connectivity index (χ4n) is 6.53. The molecule has 0 bridgehead atoms. The lowest BCUT2D eigenvalue weighted by Gasteiger charge is -2.62. The third-order valence-electron chi connectivity index (χ3n) is 8.07. The van der Waals surface area contributed by atoms with Crippen LogP contribution < -0.4 is 0 Å². The maximum absolute atomic E-state index is 15.9. The zero-order chi connectivity index (χ0) is 19.6. The van der Waals surface area contributed by atoms with E-state index in [0.717, 1.165) is 31.3 Å². The second kappa shape index (κ2) is 6.17. The fourth-order valence-corrected chi connectivity index (χ4v) is 7.05. The molecule has 4 aliphatic rings. The number of allylic oxidation sites excluding steroid dienone is 4. The molecule has 0 saturated heterocycles. The number of fused-ring (bicyclic) bond motifs is 5. The van der Waals surface area contributed by atoms with Crippen molar-refractivity contribution in [3.63, 3.8) is 0 Å². The van der Waals surface area contributed by atoms with E-state index < -0.39 is 16.5 Å². The van der Waals surface area contributed by atoms with E-state index in [2.05, 4.69) is 6.92 Å². The minimum absolute atomic E-state index is 0.00162. The van der Waals surface area contributed by atoms with Gasteiger partial charge in [-0.2, -0.15) is 0 Å². The summed E-state index contributed by atoms with van der Waals surface area (Å²) in [5, 5.41) is 0. The third kappa shape index (κ3) is 2.44. The van der Waals surface area contributed by atoms with Crippen molar-refractivity contribution >= 4 is 23.4 Å². The minimum atomic E-state index is -1.22. The summed E-state index contributed by atoms with van der Waals surface area (Å²) in [6.45, 7) is 5.85. The first-order chi connectivity index (χ1) is 12.7. The first-order valence-electron chi connectivity index (χ1n) is 10.1. The molecule has 3 nitrogen and oxygen atoms in total. The molecule has 27 heavy (non-hydrogen) atoms. The van der Waals surface area contributed by atoms with Crippen LogP contribution >= 0.6 is 11.6 Å². The first-order valence-corrected chi connectivity index (χ1v) is 10.5. The van der Waals surface area contributed by atoms with Gasteiger partial charge >= 0.3 is 5.97 Å². The van der Waals surface area contributed by atoms with Gasteiger partial charge in [0.25, 0.3) is 0 Å². The lowest BCUT2D eigenvalue weighted by molar-refractivity contribution is -0.161. The monoisotopic (exact) mass is 394 g/mol. The zero-order valence-electron chi connectivity index (χ0n) is 16.3. The number of ketones is 1. The average Bonchev–Trinajstić information content (AvgIpc) is 2.93. The van der Waals surface area contributed by atoms with E-state index in [1.165, 1.54) is 6.08 Å². The van der Waals surface area contributed by atoms with E-state index in [-0.39, 0.29) is 35.1 Å². The number of hydrogen-bond donors (Lipinski definition) is 0. The lowest BCUT2D eigenvalue weighted by atomic mass is 9.47. The normalized spacial score (nSPS) is 48.3. The molecule has 0 aromatic rings. The number of esters is 1. The van der Waals surface area contributed by atoms with Crippen LogP contribution in [0.15, 0.2) is 23.8 Å². The summed E-state index contributed by atoms with van der Waals surface area (Å²) >= 11 is 7.21. The summed E-state index contributed by atoms with van der Waals surface area (Å²) in [4.78, 5) is 22.7. The molecule has 0 N–H and O–H groups in total. The number of rotatable bonds is 2. The third-order valence-corrected chi connectivity index (χ3v) is 8.98. The molecule has 4 aliphatic carbocycles. The number of carbonyl (C=O) groups excluding carboxylic acids is 2. The van der Waals surface area contributed by atoms with Crippen LogP contribution in [0.25, 0.3) is 0 Å². The summed E-state index contributed by atoms with van der Waals surface area (Å²) in [7, 11) is 0. The van der Waals surface area contributed by atoms with Crippen molar-refractivity contribution in [2.45, 2.75) is 76.4 Å². The van der Waals surface area contributed by atoms with Crippen LogP contribution in [-0.4, -0.2) is 28.9 Å². The highest BCUT2D eigenvalue weighted by Crippen LogP contribution is 2.69. The van der Waals surface area contributed by atoms with Gasteiger partial charge in [0, 0.05) is 17.3 Å². The van der Waals surface area contributed by atoms with Crippen LogP contribution in [0.4, 0.5) is 4.39 Å². The Morgan fingerprint density at radius 2 is 2.04 bits per heavy atom. The molecule has 5 heteroatoms. The van der Waals surface area contributed by atoms with Crippen molar-refractivity contribution in [2.75, 3.05) is 0 Å². The molecule has 0 heterocycles. The largest absolute Gasteiger partial charge is 0.462 e. The smallest absolute Gasteiger partial charge is 0.305 e. The van der Waals surface area contributed by atoms with Gasteiger partial charge in [-0.15, -0.1) is 11.6 Å². The Morgan fingerprint density at radius 1 is 1.30 bits per heavy atom. The van der Waals surface area contributed by atoms with Crippen molar-refractivity contribution in [1.29, 1.82) is 0 Å². The van der Waals surface area contributed by atoms with Gasteiger partial charge in [0.1, 0.15) is 12.3 Å². The molecule has 3 fully saturated rings. The SMILES string of the molecule is CCC(=O)OC1CCC2C3CCC4=CC(=O)C=CC4(C)C3(Cl)C(F)CC12C. The van der Waals surface area contributed by atoms with Crippen LogP contribution in [0.3, 0.4) is 0 Å². The van der Waals surface area contributed by atoms with E-state index in [1.54, 1.807) is 13.0 Å². The van der Waals surface area contributed by atoms with Crippen LogP contribution in [0.5, 0.6) is 0 Å². The Balaban J connectivity index is 1.72. The molecule has 148 valence electrons. The van der Waals surface area contributed by atoms with Gasteiger partial charge in [0.05, 0.1) is 4.87 Å². The highest BCUT2D eigenvalue weighted by atomic mass is 35.5. The zero-order valence-corrected chi connectivity index (χ0v) is 17.0. The van der Waals surface area contributed by atoms with Crippen LogP contribution in [0, 0.1) is 22.7 Å².